The second-order valence-corrected chi connectivity index (χ2v) is 3.43. The number of carbonyl (C=O) groups is 1. The molecule has 0 amide bonds. The maximum Gasteiger partial charge on any atom is 0.204 e. The van der Waals surface area contributed by atoms with Crippen molar-refractivity contribution in [3.8, 4) is 6.07 Å². The van der Waals surface area contributed by atoms with Gasteiger partial charge in [0.25, 0.3) is 0 Å². The summed E-state index contributed by atoms with van der Waals surface area (Å²) in [5.74, 6) is 0.494. The first-order chi connectivity index (χ1) is 7.83. The minimum atomic E-state index is -0.0503. The van der Waals surface area contributed by atoms with Gasteiger partial charge in [-0.05, 0) is 6.42 Å². The quantitative estimate of drug-likeness (QED) is 0.760. The number of aliphatic imine (C=N–C) groups is 1. The number of nitrogens with zero attached hydrogens (tertiary/aromatic N) is 4. The highest BCUT2D eigenvalue weighted by Gasteiger charge is 2.19. The Hall–Kier alpha value is -2.16. The molecule has 2 rings (SSSR count). The molecule has 0 saturated heterocycles. The van der Waals surface area contributed by atoms with Gasteiger partial charge in [0.2, 0.25) is 5.78 Å². The normalized spacial score (nSPS) is 13.8. The van der Waals surface area contributed by atoms with E-state index in [2.05, 4.69) is 21.4 Å². The zero-order valence-electron chi connectivity index (χ0n) is 8.68. The van der Waals surface area contributed by atoms with Crippen LogP contribution in [0.3, 0.4) is 0 Å². The summed E-state index contributed by atoms with van der Waals surface area (Å²) in [5.41, 5.74) is 0.551. The lowest BCUT2D eigenvalue weighted by Crippen LogP contribution is -2.11. The van der Waals surface area contributed by atoms with E-state index in [1.807, 2.05) is 0 Å². The molecule has 0 saturated carbocycles. The number of hydrogen-bond acceptors (Lipinski definition) is 5. The molecule has 0 bridgehead atoms. The smallest absolute Gasteiger partial charge is 0.204 e. The largest absolute Gasteiger partial charge is 0.330 e. The number of Topliss-reactive ketones (excluding diaryl/α,β-unsaturated/α-hetero) is 1. The van der Waals surface area contributed by atoms with E-state index in [0.29, 0.717) is 30.9 Å². The first-order valence-electron chi connectivity index (χ1n) is 5.03. The van der Waals surface area contributed by atoms with Crippen molar-refractivity contribution in [2.45, 2.75) is 19.4 Å². The molecule has 0 aliphatic carbocycles. The Morgan fingerprint density at radius 3 is 3.31 bits per heavy atom. The molecule has 1 aromatic rings. The zero-order valence-corrected chi connectivity index (χ0v) is 8.68. The van der Waals surface area contributed by atoms with Crippen LogP contribution in [0.25, 0.3) is 0 Å². The molecule has 1 aliphatic rings. The number of aromatic nitrogens is 2. The Bertz CT molecular complexity index is 468. The van der Waals surface area contributed by atoms with Gasteiger partial charge < -0.3 is 9.88 Å². The summed E-state index contributed by atoms with van der Waals surface area (Å²) < 4.78 is 1.77. The first kappa shape index (κ1) is 10.4. The standard InChI is InChI=1S/C10H11N5O/c11-3-1-2-4-15-7-14-10-9(15)8(16)5-12-6-13-10/h6-7H,1-2,4-5H2,(H,12,13). The molecule has 0 radical (unpaired) electrons. The summed E-state index contributed by atoms with van der Waals surface area (Å²) in [5, 5.41) is 11.3. The van der Waals surface area contributed by atoms with Crippen LogP contribution in [0.4, 0.5) is 5.82 Å². The average molecular weight is 217 g/mol. The van der Waals surface area contributed by atoms with E-state index in [0.717, 1.165) is 0 Å². The van der Waals surface area contributed by atoms with Crippen LogP contribution < -0.4 is 5.32 Å². The fourth-order valence-corrected chi connectivity index (χ4v) is 1.59. The van der Waals surface area contributed by atoms with Crippen molar-refractivity contribution < 1.29 is 4.79 Å². The molecule has 0 spiro atoms. The number of fused-ring (bicyclic) bond motifs is 1. The summed E-state index contributed by atoms with van der Waals surface area (Å²) in [7, 11) is 0. The highest BCUT2D eigenvalue weighted by Crippen LogP contribution is 2.16. The highest BCUT2D eigenvalue weighted by atomic mass is 16.1. The highest BCUT2D eigenvalue weighted by molar-refractivity contribution is 6.04. The van der Waals surface area contributed by atoms with Gasteiger partial charge in [0.15, 0.2) is 5.82 Å². The number of nitriles is 1. The fourth-order valence-electron chi connectivity index (χ4n) is 1.59. The Labute approximate surface area is 92.6 Å². The predicted molar refractivity (Wildman–Crippen MR) is 58.4 cm³/mol. The van der Waals surface area contributed by atoms with E-state index in [-0.39, 0.29) is 12.3 Å². The molecule has 16 heavy (non-hydrogen) atoms. The van der Waals surface area contributed by atoms with E-state index in [1.165, 1.54) is 6.34 Å². The Balaban J connectivity index is 2.20. The maximum atomic E-state index is 11.7. The van der Waals surface area contributed by atoms with Crippen LogP contribution in [0.2, 0.25) is 0 Å². The van der Waals surface area contributed by atoms with Gasteiger partial charge in [0.05, 0.1) is 18.7 Å². The third-order valence-corrected chi connectivity index (χ3v) is 2.32. The van der Waals surface area contributed by atoms with Crippen molar-refractivity contribution >= 4 is 17.9 Å². The van der Waals surface area contributed by atoms with Crippen molar-refractivity contribution in [1.29, 1.82) is 5.26 Å². The third-order valence-electron chi connectivity index (χ3n) is 2.32. The Kier molecular flexibility index (Phi) is 2.96. The lowest BCUT2D eigenvalue weighted by atomic mass is 10.2. The Morgan fingerprint density at radius 1 is 1.62 bits per heavy atom. The molecule has 1 aliphatic heterocycles. The van der Waals surface area contributed by atoms with Crippen LogP contribution >= 0.6 is 0 Å². The van der Waals surface area contributed by atoms with Gasteiger partial charge in [-0.25, -0.2) is 4.98 Å². The lowest BCUT2D eigenvalue weighted by Gasteiger charge is -2.04. The van der Waals surface area contributed by atoms with Crippen molar-refractivity contribution in [2.75, 3.05) is 11.9 Å². The van der Waals surface area contributed by atoms with Gasteiger partial charge in [-0.3, -0.25) is 9.79 Å². The third kappa shape index (κ3) is 1.93. The van der Waals surface area contributed by atoms with E-state index >= 15 is 0 Å². The molecule has 0 atom stereocenters. The molecule has 82 valence electrons. The average Bonchev–Trinajstić information content (AvgIpc) is 2.59. The van der Waals surface area contributed by atoms with E-state index in [9.17, 15) is 4.79 Å². The number of aryl methyl sites for hydroxylation is 1. The number of anilines is 1. The minimum absolute atomic E-state index is 0.0503. The topological polar surface area (TPSA) is 83.1 Å². The second kappa shape index (κ2) is 4.57. The number of carbonyl (C=O) groups excluding carboxylic acids is 1. The Morgan fingerprint density at radius 2 is 2.50 bits per heavy atom. The van der Waals surface area contributed by atoms with Crippen molar-refractivity contribution in [2.24, 2.45) is 4.99 Å². The number of imidazole rings is 1. The van der Waals surface area contributed by atoms with Gasteiger partial charge >= 0.3 is 0 Å². The van der Waals surface area contributed by atoms with E-state index in [1.54, 1.807) is 10.9 Å². The number of unbranched alkanes of at least 4 members (excludes halogenated alkanes) is 1. The number of rotatable bonds is 3. The maximum absolute atomic E-state index is 11.7. The lowest BCUT2D eigenvalue weighted by molar-refractivity contribution is 0.0994. The predicted octanol–water partition coefficient (Wildman–Crippen LogP) is 0.823. The summed E-state index contributed by atoms with van der Waals surface area (Å²) in [6.07, 6.45) is 4.29. The van der Waals surface area contributed by atoms with Crippen LogP contribution in [0.15, 0.2) is 11.3 Å². The van der Waals surface area contributed by atoms with Crippen LogP contribution in [0.5, 0.6) is 0 Å². The molecule has 0 aromatic carbocycles. The first-order valence-corrected chi connectivity index (χ1v) is 5.03. The molecule has 1 aromatic heterocycles. The van der Waals surface area contributed by atoms with Gasteiger partial charge in [0, 0.05) is 13.0 Å². The molecule has 1 N–H and O–H groups in total. The van der Waals surface area contributed by atoms with Gasteiger partial charge in [0.1, 0.15) is 12.2 Å². The van der Waals surface area contributed by atoms with E-state index in [4.69, 9.17) is 5.26 Å². The molecular formula is C10H11N5O. The SMILES string of the molecule is N#CCCCn1cnc2c1C(=O)CN=CN2. The summed E-state index contributed by atoms with van der Waals surface area (Å²) in [6, 6.07) is 2.07. The summed E-state index contributed by atoms with van der Waals surface area (Å²) in [6.45, 7) is 0.771. The molecule has 6 heteroatoms. The zero-order chi connectivity index (χ0) is 11.4. The monoisotopic (exact) mass is 217 g/mol. The molecule has 2 heterocycles. The van der Waals surface area contributed by atoms with Crippen molar-refractivity contribution in [3.63, 3.8) is 0 Å². The number of hydrogen-bond donors (Lipinski definition) is 1. The molecule has 6 nitrogen and oxygen atoms in total. The molecule has 0 unspecified atom stereocenters. The molecule has 0 fully saturated rings. The summed E-state index contributed by atoms with van der Waals surface area (Å²) >= 11 is 0. The fraction of sp³-hybridized carbons (Fsp3) is 0.400. The van der Waals surface area contributed by atoms with Crippen LogP contribution in [0.1, 0.15) is 23.3 Å². The van der Waals surface area contributed by atoms with Gasteiger partial charge in [-0.1, -0.05) is 0 Å². The molecular weight excluding hydrogens is 206 g/mol. The van der Waals surface area contributed by atoms with Gasteiger partial charge in [-0.15, -0.1) is 0 Å². The number of ketones is 1. The van der Waals surface area contributed by atoms with Crippen molar-refractivity contribution in [3.05, 3.63) is 12.0 Å². The van der Waals surface area contributed by atoms with Crippen molar-refractivity contribution in [1.82, 2.24) is 9.55 Å². The van der Waals surface area contributed by atoms with E-state index < -0.39 is 0 Å². The van der Waals surface area contributed by atoms with Crippen LogP contribution in [-0.2, 0) is 6.54 Å². The van der Waals surface area contributed by atoms with Crippen LogP contribution in [-0.4, -0.2) is 28.2 Å². The van der Waals surface area contributed by atoms with Gasteiger partial charge in [-0.2, -0.15) is 5.26 Å². The number of nitrogens with one attached hydrogen (secondary N) is 1. The second-order valence-electron chi connectivity index (χ2n) is 3.43. The van der Waals surface area contributed by atoms with Crippen LogP contribution in [0, 0.1) is 11.3 Å². The minimum Gasteiger partial charge on any atom is -0.330 e. The summed E-state index contributed by atoms with van der Waals surface area (Å²) in [4.78, 5) is 19.7.